The molecule has 0 saturated heterocycles. The highest BCUT2D eigenvalue weighted by Crippen LogP contribution is 2.08. The third-order valence-electron chi connectivity index (χ3n) is 2.03. The molecule has 2 atom stereocenters. The van der Waals surface area contributed by atoms with Gasteiger partial charge in [0.2, 0.25) is 0 Å². The average Bonchev–Trinajstić information content (AvgIpc) is 2.34. The second kappa shape index (κ2) is 7.13. The second-order valence-electron chi connectivity index (χ2n) is 3.39. The predicted octanol–water partition coefficient (Wildman–Crippen LogP) is 1.86. The summed E-state index contributed by atoms with van der Waals surface area (Å²) in [6.07, 6.45) is -0.856. The Labute approximate surface area is 114 Å². The van der Waals surface area contributed by atoms with Gasteiger partial charge in [0.25, 0.3) is 0 Å². The zero-order chi connectivity index (χ0) is 13.5. The molecule has 0 heterocycles. The van der Waals surface area contributed by atoms with Gasteiger partial charge in [-0.2, -0.15) is 12.6 Å². The summed E-state index contributed by atoms with van der Waals surface area (Å²) in [5, 5.41) is 10.9. The van der Waals surface area contributed by atoms with E-state index in [1.54, 1.807) is 24.3 Å². The quantitative estimate of drug-likeness (QED) is 0.571. The summed E-state index contributed by atoms with van der Waals surface area (Å²) in [4.78, 5) is 22.1. The van der Waals surface area contributed by atoms with Crippen molar-refractivity contribution < 1.29 is 19.4 Å². The lowest BCUT2D eigenvalue weighted by Gasteiger charge is -2.15. The molecule has 7 heteroatoms. The molecule has 98 valence electrons. The number of ether oxygens (including phenoxy) is 1. The maximum absolute atomic E-state index is 11.3. The molecule has 0 fully saturated rings. The molecule has 1 rings (SSSR count). The van der Waals surface area contributed by atoms with Gasteiger partial charge in [-0.1, -0.05) is 30.3 Å². The molecule has 0 radical (unpaired) electrons. The van der Waals surface area contributed by atoms with Crippen molar-refractivity contribution in [1.29, 1.82) is 0 Å². The van der Waals surface area contributed by atoms with Gasteiger partial charge in [0.05, 0.1) is 0 Å². The van der Waals surface area contributed by atoms with E-state index in [0.29, 0.717) is 0 Å². The Kier molecular flexibility index (Phi) is 5.80. The number of carbonyl (C=O) groups is 2. The van der Waals surface area contributed by atoms with Crippen molar-refractivity contribution in [3.05, 3.63) is 35.9 Å². The third-order valence-corrected chi connectivity index (χ3v) is 2.58. The summed E-state index contributed by atoms with van der Waals surface area (Å²) < 4.78 is 3.82. The maximum Gasteiger partial charge on any atom is 0.408 e. The molecule has 0 aliphatic rings. The summed E-state index contributed by atoms with van der Waals surface area (Å²) in [5.41, 5.74) is 0.799. The fourth-order valence-electron chi connectivity index (χ4n) is 1.14. The minimum absolute atomic E-state index is 0.0541. The molecule has 0 aliphatic heterocycles. The van der Waals surface area contributed by atoms with Crippen LogP contribution in [0.5, 0.6) is 0 Å². The monoisotopic (exact) mass is 289 g/mol. The molecule has 0 aromatic heterocycles. The molecule has 1 unspecified atom stereocenters. The van der Waals surface area contributed by atoms with Crippen LogP contribution in [0.1, 0.15) is 5.56 Å². The van der Waals surface area contributed by atoms with E-state index < -0.39 is 22.8 Å². The first kappa shape index (κ1) is 14.7. The fourth-order valence-corrected chi connectivity index (χ4v) is 1.51. The number of carboxylic acids is 1. The molecule has 0 bridgehead atoms. The SMILES string of the molecule is O=C(N[C@H](C(=O)O)C(S)Cl)OCc1ccccc1. The van der Waals surface area contributed by atoms with Crippen molar-refractivity contribution in [2.45, 2.75) is 17.4 Å². The molecule has 1 amide bonds. The minimum atomic E-state index is -1.31. The number of rotatable bonds is 5. The van der Waals surface area contributed by atoms with Crippen molar-refractivity contribution in [2.24, 2.45) is 0 Å². The zero-order valence-electron chi connectivity index (χ0n) is 9.25. The van der Waals surface area contributed by atoms with Gasteiger partial charge in [-0.05, 0) is 5.56 Å². The summed E-state index contributed by atoms with van der Waals surface area (Å²) in [6, 6.07) is 7.70. The highest BCUT2D eigenvalue weighted by Gasteiger charge is 2.26. The van der Waals surface area contributed by atoms with Crippen LogP contribution in [-0.4, -0.2) is 27.9 Å². The van der Waals surface area contributed by atoms with Crippen LogP contribution in [0.4, 0.5) is 4.79 Å². The van der Waals surface area contributed by atoms with E-state index in [1.807, 2.05) is 6.07 Å². The standard InChI is InChI=1S/C11H12ClNO4S/c12-9(18)8(10(14)15)13-11(16)17-6-7-4-2-1-3-5-7/h1-5,8-9,18H,6H2,(H,13,16)(H,14,15)/t8-,9?/m0/s1. The summed E-state index contributed by atoms with van der Waals surface area (Å²) in [5.74, 6) is -1.28. The van der Waals surface area contributed by atoms with Crippen LogP contribution in [0.15, 0.2) is 30.3 Å². The Balaban J connectivity index is 2.44. The largest absolute Gasteiger partial charge is 0.480 e. The lowest BCUT2D eigenvalue weighted by atomic mass is 10.2. The van der Waals surface area contributed by atoms with E-state index in [1.165, 1.54) is 0 Å². The lowest BCUT2D eigenvalue weighted by Crippen LogP contribution is -2.45. The van der Waals surface area contributed by atoms with Crippen molar-refractivity contribution in [3.63, 3.8) is 0 Å². The number of carbonyl (C=O) groups excluding carboxylic acids is 1. The lowest BCUT2D eigenvalue weighted by molar-refractivity contribution is -0.138. The van der Waals surface area contributed by atoms with Gasteiger partial charge in [-0.15, -0.1) is 11.6 Å². The number of carboxylic acid groups (broad SMARTS) is 1. The first-order valence-electron chi connectivity index (χ1n) is 5.03. The second-order valence-corrected chi connectivity index (χ2v) is 4.73. The normalized spacial score (nSPS) is 13.4. The molecule has 2 N–H and O–H groups in total. The van der Waals surface area contributed by atoms with Crippen molar-refractivity contribution in [2.75, 3.05) is 0 Å². The predicted molar refractivity (Wildman–Crippen MR) is 69.8 cm³/mol. The number of amides is 1. The van der Waals surface area contributed by atoms with E-state index in [4.69, 9.17) is 21.4 Å². The highest BCUT2D eigenvalue weighted by atomic mass is 35.5. The Bertz CT molecular complexity index is 413. The van der Waals surface area contributed by atoms with Crippen molar-refractivity contribution in [1.82, 2.24) is 5.32 Å². The smallest absolute Gasteiger partial charge is 0.408 e. The Morgan fingerprint density at radius 2 is 2.00 bits per heavy atom. The summed E-state index contributed by atoms with van der Waals surface area (Å²) in [7, 11) is 0. The number of hydrogen-bond acceptors (Lipinski definition) is 4. The highest BCUT2D eigenvalue weighted by molar-refractivity contribution is 7.82. The van der Waals surface area contributed by atoms with Crippen LogP contribution >= 0.6 is 24.2 Å². The van der Waals surface area contributed by atoms with Gasteiger partial charge in [-0.3, -0.25) is 0 Å². The Morgan fingerprint density at radius 1 is 1.39 bits per heavy atom. The van der Waals surface area contributed by atoms with E-state index in [0.717, 1.165) is 5.56 Å². The molecule has 0 spiro atoms. The van der Waals surface area contributed by atoms with E-state index >= 15 is 0 Å². The van der Waals surface area contributed by atoms with Crippen LogP contribution in [0.3, 0.4) is 0 Å². The summed E-state index contributed by atoms with van der Waals surface area (Å²) >= 11 is 9.27. The van der Waals surface area contributed by atoms with Gasteiger partial charge in [0.1, 0.15) is 11.3 Å². The number of nitrogens with one attached hydrogen (secondary N) is 1. The molecular weight excluding hydrogens is 278 g/mol. The van der Waals surface area contributed by atoms with Crippen molar-refractivity contribution in [3.8, 4) is 0 Å². The van der Waals surface area contributed by atoms with E-state index in [9.17, 15) is 9.59 Å². The van der Waals surface area contributed by atoms with Crippen LogP contribution in [0.2, 0.25) is 0 Å². The number of benzene rings is 1. The minimum Gasteiger partial charge on any atom is -0.480 e. The number of halogens is 1. The molecule has 1 aromatic rings. The topological polar surface area (TPSA) is 75.6 Å². The van der Waals surface area contributed by atoms with Gasteiger partial charge in [-0.25, -0.2) is 9.59 Å². The maximum atomic E-state index is 11.3. The molecule has 18 heavy (non-hydrogen) atoms. The number of alkyl halides is 1. The van der Waals surface area contributed by atoms with Gasteiger partial charge < -0.3 is 15.2 Å². The van der Waals surface area contributed by atoms with Crippen LogP contribution in [0.25, 0.3) is 0 Å². The van der Waals surface area contributed by atoms with Crippen molar-refractivity contribution >= 4 is 36.3 Å². The average molecular weight is 290 g/mol. The first-order chi connectivity index (χ1) is 8.50. The zero-order valence-corrected chi connectivity index (χ0v) is 10.9. The van der Waals surface area contributed by atoms with Crippen LogP contribution in [-0.2, 0) is 16.1 Å². The fraction of sp³-hybridized carbons (Fsp3) is 0.273. The molecule has 1 aromatic carbocycles. The van der Waals surface area contributed by atoms with Crippen LogP contribution < -0.4 is 5.32 Å². The van der Waals surface area contributed by atoms with E-state index in [-0.39, 0.29) is 6.61 Å². The Morgan fingerprint density at radius 3 is 2.50 bits per heavy atom. The third kappa shape index (κ3) is 4.85. The number of hydrogen-bond donors (Lipinski definition) is 3. The van der Waals surface area contributed by atoms with Gasteiger partial charge in [0, 0.05) is 0 Å². The molecular formula is C11H12ClNO4S. The van der Waals surface area contributed by atoms with Gasteiger partial charge >= 0.3 is 12.1 Å². The molecule has 0 aliphatic carbocycles. The van der Waals surface area contributed by atoms with E-state index in [2.05, 4.69) is 17.9 Å². The number of thiol groups is 1. The number of alkyl carbamates (subject to hydrolysis) is 1. The van der Waals surface area contributed by atoms with Crippen LogP contribution in [0, 0.1) is 0 Å². The first-order valence-corrected chi connectivity index (χ1v) is 5.98. The number of aliphatic carboxylic acids is 1. The molecule has 5 nitrogen and oxygen atoms in total. The summed E-state index contributed by atoms with van der Waals surface area (Å²) in [6.45, 7) is 0.0541. The molecule has 0 saturated carbocycles. The Hall–Kier alpha value is -1.40. The van der Waals surface area contributed by atoms with Gasteiger partial charge in [0.15, 0.2) is 6.04 Å².